The first kappa shape index (κ1) is 16.0. The van der Waals surface area contributed by atoms with E-state index >= 15 is 0 Å². The molecule has 1 N–H and O–H groups in total. The van der Waals surface area contributed by atoms with E-state index in [1.165, 1.54) is 5.56 Å². The number of carbonyl (C=O) groups excluding carboxylic acids is 1. The lowest BCUT2D eigenvalue weighted by Gasteiger charge is -2.21. The number of ether oxygens (including phenoxy) is 1. The molecule has 1 aromatic carbocycles. The quantitative estimate of drug-likeness (QED) is 0.876. The van der Waals surface area contributed by atoms with Gasteiger partial charge in [0.15, 0.2) is 0 Å². The van der Waals surface area contributed by atoms with Crippen LogP contribution in [0.25, 0.3) is 0 Å². The third-order valence-corrected chi connectivity index (χ3v) is 4.31. The molecule has 1 aliphatic heterocycles. The van der Waals surface area contributed by atoms with Gasteiger partial charge >= 0.3 is 0 Å². The van der Waals surface area contributed by atoms with E-state index in [1.54, 1.807) is 7.11 Å². The fraction of sp³-hybridized carbons (Fsp3) is 0.588. The molecule has 0 saturated carbocycles. The molecule has 4 heteroatoms. The molecule has 0 fully saturated rings. The molecule has 1 amide bonds. The summed E-state index contributed by atoms with van der Waals surface area (Å²) in [6, 6.07) is 5.94. The van der Waals surface area contributed by atoms with Crippen LogP contribution in [0.3, 0.4) is 0 Å². The second-order valence-corrected chi connectivity index (χ2v) is 5.71. The van der Waals surface area contributed by atoms with Crippen molar-refractivity contribution in [3.63, 3.8) is 0 Å². The summed E-state index contributed by atoms with van der Waals surface area (Å²) in [5, 5.41) is 9.99. The molecule has 1 aromatic rings. The Morgan fingerprint density at radius 3 is 2.57 bits per heavy atom. The normalized spacial score (nSPS) is 15.4. The van der Waals surface area contributed by atoms with Crippen LogP contribution < -0.4 is 0 Å². The Morgan fingerprint density at radius 1 is 1.29 bits per heavy atom. The molecule has 0 spiro atoms. The summed E-state index contributed by atoms with van der Waals surface area (Å²) in [6.45, 7) is 5.75. The highest BCUT2D eigenvalue weighted by atomic mass is 16.5. The van der Waals surface area contributed by atoms with Crippen LogP contribution in [-0.2, 0) is 22.6 Å². The first-order chi connectivity index (χ1) is 10.1. The minimum absolute atomic E-state index is 0.123. The molecule has 0 saturated heterocycles. The predicted molar refractivity (Wildman–Crippen MR) is 81.6 cm³/mol. The van der Waals surface area contributed by atoms with Crippen molar-refractivity contribution in [1.82, 2.24) is 4.90 Å². The Morgan fingerprint density at radius 2 is 1.95 bits per heavy atom. The number of hydrogen-bond acceptors (Lipinski definition) is 3. The van der Waals surface area contributed by atoms with Crippen LogP contribution in [0.5, 0.6) is 0 Å². The van der Waals surface area contributed by atoms with Crippen LogP contribution in [-0.4, -0.2) is 29.6 Å². The summed E-state index contributed by atoms with van der Waals surface area (Å²) in [5.74, 6) is 0.369. The second-order valence-electron chi connectivity index (χ2n) is 5.71. The average Bonchev–Trinajstić information content (AvgIpc) is 2.91. The van der Waals surface area contributed by atoms with Gasteiger partial charge in [0.25, 0.3) is 0 Å². The van der Waals surface area contributed by atoms with E-state index in [0.717, 1.165) is 24.0 Å². The smallest absolute Gasteiger partial charge is 0.226 e. The van der Waals surface area contributed by atoms with Crippen LogP contribution in [0, 0.1) is 5.92 Å². The molecule has 2 rings (SSSR count). The van der Waals surface area contributed by atoms with E-state index in [0.29, 0.717) is 13.1 Å². The van der Waals surface area contributed by atoms with E-state index in [1.807, 2.05) is 23.1 Å². The summed E-state index contributed by atoms with van der Waals surface area (Å²) >= 11 is 0. The van der Waals surface area contributed by atoms with E-state index < -0.39 is 6.10 Å². The van der Waals surface area contributed by atoms with Crippen LogP contribution in [0.4, 0.5) is 0 Å². The van der Waals surface area contributed by atoms with Crippen molar-refractivity contribution in [2.24, 2.45) is 5.92 Å². The maximum Gasteiger partial charge on any atom is 0.226 e. The number of hydrogen-bond donors (Lipinski definition) is 1. The van der Waals surface area contributed by atoms with Gasteiger partial charge in [-0.1, -0.05) is 32.0 Å². The van der Waals surface area contributed by atoms with Crippen molar-refractivity contribution in [1.29, 1.82) is 0 Å². The zero-order chi connectivity index (χ0) is 15.4. The van der Waals surface area contributed by atoms with Gasteiger partial charge in [-0.05, 0) is 29.5 Å². The summed E-state index contributed by atoms with van der Waals surface area (Å²) in [4.78, 5) is 14.4. The van der Waals surface area contributed by atoms with E-state index in [9.17, 15) is 9.90 Å². The van der Waals surface area contributed by atoms with Crippen molar-refractivity contribution in [2.45, 2.75) is 45.9 Å². The fourth-order valence-corrected chi connectivity index (χ4v) is 2.93. The monoisotopic (exact) mass is 291 g/mol. The number of aliphatic hydroxyl groups excluding tert-OH is 1. The van der Waals surface area contributed by atoms with Gasteiger partial charge in [0.05, 0.1) is 6.61 Å². The molecule has 0 bridgehead atoms. The Kier molecular flexibility index (Phi) is 5.37. The number of rotatable bonds is 6. The minimum atomic E-state index is -0.607. The lowest BCUT2D eigenvalue weighted by molar-refractivity contribution is -0.136. The molecular weight excluding hydrogens is 266 g/mol. The third kappa shape index (κ3) is 3.44. The highest BCUT2D eigenvalue weighted by molar-refractivity contribution is 5.79. The zero-order valence-electron chi connectivity index (χ0n) is 13.1. The molecule has 1 unspecified atom stereocenters. The Hall–Kier alpha value is -1.39. The van der Waals surface area contributed by atoms with Crippen LogP contribution in [0.1, 0.15) is 49.5 Å². The average molecular weight is 291 g/mol. The SMILES string of the molecule is CCC(CC)C(=O)N1Cc2ccc(C(O)COC)cc2C1. The lowest BCUT2D eigenvalue weighted by Crippen LogP contribution is -2.31. The van der Waals surface area contributed by atoms with E-state index in [4.69, 9.17) is 4.74 Å². The maximum absolute atomic E-state index is 12.5. The van der Waals surface area contributed by atoms with E-state index in [2.05, 4.69) is 13.8 Å². The summed E-state index contributed by atoms with van der Waals surface area (Å²) < 4.78 is 4.98. The summed E-state index contributed by atoms with van der Waals surface area (Å²) in [5.41, 5.74) is 3.18. The van der Waals surface area contributed by atoms with Gasteiger partial charge in [0, 0.05) is 26.1 Å². The van der Waals surface area contributed by atoms with Crippen molar-refractivity contribution in [2.75, 3.05) is 13.7 Å². The first-order valence-corrected chi connectivity index (χ1v) is 7.68. The standard InChI is InChI=1S/C17H25NO3/c1-4-12(5-2)17(20)18-9-14-7-6-13(8-15(14)10-18)16(19)11-21-3/h6-8,12,16,19H,4-5,9-11H2,1-3H3. The zero-order valence-corrected chi connectivity index (χ0v) is 13.1. The van der Waals surface area contributed by atoms with Gasteiger partial charge in [0.1, 0.15) is 6.10 Å². The highest BCUT2D eigenvalue weighted by Crippen LogP contribution is 2.28. The molecule has 1 aliphatic rings. The summed E-state index contributed by atoms with van der Waals surface area (Å²) in [6.07, 6.45) is 1.17. The largest absolute Gasteiger partial charge is 0.386 e. The second kappa shape index (κ2) is 7.05. The molecule has 116 valence electrons. The number of carbonyl (C=O) groups is 1. The van der Waals surface area contributed by atoms with Gasteiger partial charge in [0.2, 0.25) is 5.91 Å². The van der Waals surface area contributed by atoms with Gasteiger partial charge in [-0.15, -0.1) is 0 Å². The minimum Gasteiger partial charge on any atom is -0.386 e. The highest BCUT2D eigenvalue weighted by Gasteiger charge is 2.27. The molecular formula is C17H25NO3. The van der Waals surface area contributed by atoms with Gasteiger partial charge in [-0.2, -0.15) is 0 Å². The molecule has 0 aliphatic carbocycles. The fourth-order valence-electron chi connectivity index (χ4n) is 2.93. The van der Waals surface area contributed by atoms with Crippen molar-refractivity contribution in [3.8, 4) is 0 Å². The molecule has 1 atom stereocenters. The number of benzene rings is 1. The van der Waals surface area contributed by atoms with Gasteiger partial charge < -0.3 is 14.7 Å². The predicted octanol–water partition coefficient (Wildman–Crippen LogP) is 2.64. The molecule has 0 aromatic heterocycles. The Balaban J connectivity index is 2.10. The van der Waals surface area contributed by atoms with Crippen molar-refractivity contribution in [3.05, 3.63) is 34.9 Å². The number of aliphatic hydroxyl groups is 1. The molecule has 4 nitrogen and oxygen atoms in total. The number of amides is 1. The number of nitrogens with zero attached hydrogens (tertiary/aromatic N) is 1. The first-order valence-electron chi connectivity index (χ1n) is 7.68. The van der Waals surface area contributed by atoms with Gasteiger partial charge in [-0.25, -0.2) is 0 Å². The van der Waals surface area contributed by atoms with Gasteiger partial charge in [-0.3, -0.25) is 4.79 Å². The number of fused-ring (bicyclic) bond motifs is 1. The number of methoxy groups -OCH3 is 1. The summed E-state index contributed by atoms with van der Waals surface area (Å²) in [7, 11) is 1.58. The van der Waals surface area contributed by atoms with Crippen LogP contribution in [0.2, 0.25) is 0 Å². The lowest BCUT2D eigenvalue weighted by atomic mass is 10.0. The molecule has 0 radical (unpaired) electrons. The van der Waals surface area contributed by atoms with Crippen LogP contribution in [0.15, 0.2) is 18.2 Å². The topological polar surface area (TPSA) is 49.8 Å². The van der Waals surface area contributed by atoms with Crippen LogP contribution >= 0.6 is 0 Å². The Bertz CT molecular complexity index is 497. The molecule has 21 heavy (non-hydrogen) atoms. The van der Waals surface area contributed by atoms with Crippen molar-refractivity contribution >= 4 is 5.91 Å². The van der Waals surface area contributed by atoms with E-state index in [-0.39, 0.29) is 18.4 Å². The Labute approximate surface area is 126 Å². The maximum atomic E-state index is 12.5. The van der Waals surface area contributed by atoms with Crippen molar-refractivity contribution < 1.29 is 14.6 Å². The third-order valence-electron chi connectivity index (χ3n) is 4.31. The molecule has 1 heterocycles.